The number of nitrogens with zero attached hydrogens (tertiary/aromatic N) is 1. The third-order valence-corrected chi connectivity index (χ3v) is 2.80. The molecule has 0 saturated carbocycles. The Labute approximate surface area is 93.9 Å². The number of carbonyl (C=O) groups is 2. The minimum Gasteiger partial charge on any atom is -0.347 e. The molecular formula is C10H16N4O2. The van der Waals surface area contributed by atoms with Gasteiger partial charge in [-0.2, -0.15) is 5.10 Å². The smallest absolute Gasteiger partial charge is 0.267 e. The Bertz CT molecular complexity index is 321. The SMILES string of the molecule is O=C1CCC(C(=O)N[C@@H]2CCCNC2)=NN1. The molecule has 6 heteroatoms. The minimum absolute atomic E-state index is 0.129. The van der Waals surface area contributed by atoms with E-state index in [1.54, 1.807) is 0 Å². The van der Waals surface area contributed by atoms with Crippen LogP contribution in [0.25, 0.3) is 0 Å². The number of rotatable bonds is 2. The first-order valence-corrected chi connectivity index (χ1v) is 5.62. The summed E-state index contributed by atoms with van der Waals surface area (Å²) in [5.74, 6) is -0.287. The first-order valence-electron chi connectivity index (χ1n) is 5.62. The van der Waals surface area contributed by atoms with Gasteiger partial charge in [-0.15, -0.1) is 0 Å². The molecule has 16 heavy (non-hydrogen) atoms. The standard InChI is InChI=1S/C10H16N4O2/c15-9-4-3-8(13-14-9)10(16)12-7-2-1-5-11-6-7/h7,11H,1-6H2,(H,12,16)(H,14,15)/t7-/m1/s1. The molecule has 2 rings (SSSR count). The van der Waals surface area contributed by atoms with Gasteiger partial charge in [0, 0.05) is 25.4 Å². The number of nitrogens with one attached hydrogen (secondary N) is 3. The highest BCUT2D eigenvalue weighted by Gasteiger charge is 2.21. The molecule has 6 nitrogen and oxygen atoms in total. The van der Waals surface area contributed by atoms with Gasteiger partial charge in [0.1, 0.15) is 5.71 Å². The maximum atomic E-state index is 11.8. The minimum atomic E-state index is -0.159. The van der Waals surface area contributed by atoms with E-state index < -0.39 is 0 Å². The van der Waals surface area contributed by atoms with Crippen molar-refractivity contribution in [1.82, 2.24) is 16.1 Å². The third-order valence-electron chi connectivity index (χ3n) is 2.80. The lowest BCUT2D eigenvalue weighted by Gasteiger charge is -2.24. The number of piperidine rings is 1. The van der Waals surface area contributed by atoms with Crippen molar-refractivity contribution < 1.29 is 9.59 Å². The Balaban J connectivity index is 1.85. The van der Waals surface area contributed by atoms with Crippen LogP contribution in [-0.2, 0) is 9.59 Å². The molecule has 0 spiro atoms. The topological polar surface area (TPSA) is 82.6 Å². The molecular weight excluding hydrogens is 208 g/mol. The molecule has 0 aliphatic carbocycles. The van der Waals surface area contributed by atoms with Crippen LogP contribution in [0.5, 0.6) is 0 Å². The number of hydrazone groups is 1. The predicted molar refractivity (Wildman–Crippen MR) is 58.8 cm³/mol. The first kappa shape index (κ1) is 11.1. The van der Waals surface area contributed by atoms with E-state index in [9.17, 15) is 9.59 Å². The second kappa shape index (κ2) is 5.07. The van der Waals surface area contributed by atoms with Gasteiger partial charge in [0.2, 0.25) is 5.91 Å². The van der Waals surface area contributed by atoms with Crippen molar-refractivity contribution in [3.8, 4) is 0 Å². The molecule has 0 aromatic carbocycles. The highest BCUT2D eigenvalue weighted by Crippen LogP contribution is 2.04. The summed E-state index contributed by atoms with van der Waals surface area (Å²) in [7, 11) is 0. The lowest BCUT2D eigenvalue weighted by atomic mass is 10.1. The Hall–Kier alpha value is -1.43. The van der Waals surface area contributed by atoms with Crippen LogP contribution in [0, 0.1) is 0 Å². The monoisotopic (exact) mass is 224 g/mol. The van der Waals surface area contributed by atoms with Crippen LogP contribution in [0.2, 0.25) is 0 Å². The molecule has 1 saturated heterocycles. The van der Waals surface area contributed by atoms with Gasteiger partial charge in [0.05, 0.1) is 0 Å². The van der Waals surface area contributed by atoms with Gasteiger partial charge >= 0.3 is 0 Å². The quantitative estimate of drug-likeness (QED) is 0.569. The van der Waals surface area contributed by atoms with Crippen LogP contribution in [0.3, 0.4) is 0 Å². The molecule has 0 aromatic rings. The average molecular weight is 224 g/mol. The maximum Gasteiger partial charge on any atom is 0.267 e. The Morgan fingerprint density at radius 2 is 2.31 bits per heavy atom. The highest BCUT2D eigenvalue weighted by molar-refractivity contribution is 6.39. The number of hydrogen-bond acceptors (Lipinski definition) is 4. The summed E-state index contributed by atoms with van der Waals surface area (Å²) >= 11 is 0. The van der Waals surface area contributed by atoms with E-state index in [1.165, 1.54) is 0 Å². The molecule has 1 atom stereocenters. The molecule has 1 fully saturated rings. The van der Waals surface area contributed by atoms with Crippen LogP contribution in [0.1, 0.15) is 25.7 Å². The van der Waals surface area contributed by atoms with E-state index in [0.29, 0.717) is 18.6 Å². The maximum absolute atomic E-state index is 11.8. The molecule has 0 bridgehead atoms. The second-order valence-corrected chi connectivity index (χ2v) is 4.11. The summed E-state index contributed by atoms with van der Waals surface area (Å²) in [6.07, 6.45) is 2.85. The number of carbonyl (C=O) groups excluding carboxylic acids is 2. The van der Waals surface area contributed by atoms with Gasteiger partial charge in [-0.3, -0.25) is 9.59 Å². The fourth-order valence-electron chi connectivity index (χ4n) is 1.88. The van der Waals surface area contributed by atoms with E-state index in [0.717, 1.165) is 25.9 Å². The van der Waals surface area contributed by atoms with Crippen molar-refractivity contribution in [3.63, 3.8) is 0 Å². The van der Waals surface area contributed by atoms with Gasteiger partial charge in [-0.1, -0.05) is 0 Å². The first-order chi connectivity index (χ1) is 7.75. The van der Waals surface area contributed by atoms with Crippen molar-refractivity contribution >= 4 is 17.5 Å². The summed E-state index contributed by atoms with van der Waals surface area (Å²) in [4.78, 5) is 22.6. The Morgan fingerprint density at radius 3 is 2.94 bits per heavy atom. The van der Waals surface area contributed by atoms with E-state index in [4.69, 9.17) is 0 Å². The van der Waals surface area contributed by atoms with Crippen molar-refractivity contribution in [2.45, 2.75) is 31.7 Å². The summed E-state index contributed by atoms with van der Waals surface area (Å²) in [5.41, 5.74) is 2.74. The Morgan fingerprint density at radius 1 is 1.44 bits per heavy atom. The Kier molecular flexibility index (Phi) is 3.51. The van der Waals surface area contributed by atoms with E-state index in [1.807, 2.05) is 0 Å². The summed E-state index contributed by atoms with van der Waals surface area (Å²) in [6.45, 7) is 1.83. The van der Waals surface area contributed by atoms with Crippen LogP contribution in [-0.4, -0.2) is 36.7 Å². The molecule has 2 heterocycles. The van der Waals surface area contributed by atoms with E-state index in [2.05, 4.69) is 21.2 Å². The highest BCUT2D eigenvalue weighted by atomic mass is 16.2. The van der Waals surface area contributed by atoms with Gasteiger partial charge < -0.3 is 10.6 Å². The average Bonchev–Trinajstić information content (AvgIpc) is 2.31. The molecule has 3 N–H and O–H groups in total. The van der Waals surface area contributed by atoms with Crippen LogP contribution < -0.4 is 16.1 Å². The molecule has 2 amide bonds. The van der Waals surface area contributed by atoms with Gasteiger partial charge in [0.25, 0.3) is 5.91 Å². The van der Waals surface area contributed by atoms with Crippen molar-refractivity contribution in [2.24, 2.45) is 5.10 Å². The fourth-order valence-corrected chi connectivity index (χ4v) is 1.88. The molecule has 0 aromatic heterocycles. The van der Waals surface area contributed by atoms with Crippen molar-refractivity contribution in [2.75, 3.05) is 13.1 Å². The molecule has 0 radical (unpaired) electrons. The van der Waals surface area contributed by atoms with Crippen LogP contribution >= 0.6 is 0 Å². The summed E-state index contributed by atoms with van der Waals surface area (Å²) in [6, 6.07) is 0.182. The predicted octanol–water partition coefficient (Wildman–Crippen LogP) is -0.879. The fraction of sp³-hybridized carbons (Fsp3) is 0.700. The molecule has 0 unspecified atom stereocenters. The third kappa shape index (κ3) is 2.79. The molecule has 88 valence electrons. The lowest BCUT2D eigenvalue weighted by Crippen LogP contribution is -2.48. The van der Waals surface area contributed by atoms with Gasteiger partial charge in [-0.25, -0.2) is 5.43 Å². The molecule has 2 aliphatic rings. The normalized spacial score (nSPS) is 25.6. The lowest BCUT2D eigenvalue weighted by molar-refractivity contribution is -0.121. The van der Waals surface area contributed by atoms with E-state index in [-0.39, 0.29) is 17.9 Å². The zero-order chi connectivity index (χ0) is 11.4. The zero-order valence-electron chi connectivity index (χ0n) is 9.08. The number of hydrogen-bond donors (Lipinski definition) is 3. The number of amides is 2. The van der Waals surface area contributed by atoms with Crippen LogP contribution in [0.15, 0.2) is 5.10 Å². The van der Waals surface area contributed by atoms with Crippen molar-refractivity contribution in [3.05, 3.63) is 0 Å². The summed E-state index contributed by atoms with van der Waals surface area (Å²) < 4.78 is 0. The van der Waals surface area contributed by atoms with Crippen molar-refractivity contribution in [1.29, 1.82) is 0 Å². The second-order valence-electron chi connectivity index (χ2n) is 4.11. The molecule has 2 aliphatic heterocycles. The van der Waals surface area contributed by atoms with Gasteiger partial charge in [0.15, 0.2) is 0 Å². The largest absolute Gasteiger partial charge is 0.347 e. The zero-order valence-corrected chi connectivity index (χ0v) is 9.08. The van der Waals surface area contributed by atoms with E-state index >= 15 is 0 Å². The van der Waals surface area contributed by atoms with Gasteiger partial charge in [-0.05, 0) is 19.4 Å². The van der Waals surface area contributed by atoms with Crippen LogP contribution in [0.4, 0.5) is 0 Å². The summed E-state index contributed by atoms with van der Waals surface area (Å²) in [5, 5.41) is 9.91.